The number of rotatable bonds is 5. The summed E-state index contributed by atoms with van der Waals surface area (Å²) in [6.45, 7) is 6.98. The summed E-state index contributed by atoms with van der Waals surface area (Å²) in [5, 5.41) is 7.86. The van der Waals surface area contributed by atoms with Crippen molar-refractivity contribution in [2.24, 2.45) is 0 Å². The standard InChI is InChI=1S/C16H22FN3/c1-5-13-10-15(20(6-2)19-13)16(18-4)14-9-12(17)8-7-11(14)3/h7-10,16,18H,5-6H2,1-4H3. The summed E-state index contributed by atoms with van der Waals surface area (Å²) in [6.07, 6.45) is 0.901. The van der Waals surface area contributed by atoms with Gasteiger partial charge in [0, 0.05) is 6.54 Å². The minimum atomic E-state index is -0.205. The van der Waals surface area contributed by atoms with Crippen molar-refractivity contribution in [2.75, 3.05) is 7.05 Å². The molecule has 0 amide bonds. The molecule has 4 heteroatoms. The molecule has 0 aliphatic heterocycles. The maximum atomic E-state index is 13.6. The Kier molecular flexibility index (Phi) is 4.55. The average molecular weight is 275 g/mol. The van der Waals surface area contributed by atoms with Crippen molar-refractivity contribution in [1.29, 1.82) is 0 Å². The van der Waals surface area contributed by atoms with E-state index < -0.39 is 0 Å². The van der Waals surface area contributed by atoms with Gasteiger partial charge in [0.2, 0.25) is 0 Å². The normalized spacial score (nSPS) is 12.7. The first-order valence-electron chi connectivity index (χ1n) is 7.10. The first-order valence-corrected chi connectivity index (χ1v) is 7.10. The number of benzene rings is 1. The highest BCUT2D eigenvalue weighted by atomic mass is 19.1. The number of hydrogen-bond acceptors (Lipinski definition) is 2. The lowest BCUT2D eigenvalue weighted by atomic mass is 9.98. The Labute approximate surface area is 119 Å². The Morgan fingerprint density at radius 2 is 2.05 bits per heavy atom. The molecule has 0 spiro atoms. The van der Waals surface area contributed by atoms with Gasteiger partial charge in [0.25, 0.3) is 0 Å². The zero-order valence-electron chi connectivity index (χ0n) is 12.6. The van der Waals surface area contributed by atoms with E-state index in [4.69, 9.17) is 0 Å². The van der Waals surface area contributed by atoms with Crippen molar-refractivity contribution in [1.82, 2.24) is 15.1 Å². The van der Waals surface area contributed by atoms with E-state index in [1.54, 1.807) is 6.07 Å². The summed E-state index contributed by atoms with van der Waals surface area (Å²) in [4.78, 5) is 0. The van der Waals surface area contributed by atoms with Crippen LogP contribution >= 0.6 is 0 Å². The number of aryl methyl sites for hydroxylation is 3. The van der Waals surface area contributed by atoms with Crippen molar-refractivity contribution < 1.29 is 4.39 Å². The molecule has 1 N–H and O–H groups in total. The smallest absolute Gasteiger partial charge is 0.123 e. The third kappa shape index (κ3) is 2.75. The van der Waals surface area contributed by atoms with Gasteiger partial charge in [0.05, 0.1) is 17.4 Å². The average Bonchev–Trinajstić information content (AvgIpc) is 2.87. The van der Waals surface area contributed by atoms with Gasteiger partial charge >= 0.3 is 0 Å². The van der Waals surface area contributed by atoms with E-state index in [1.807, 2.05) is 24.7 Å². The van der Waals surface area contributed by atoms with Gasteiger partial charge in [0.1, 0.15) is 5.82 Å². The molecular weight excluding hydrogens is 253 g/mol. The van der Waals surface area contributed by atoms with Gasteiger partial charge in [-0.15, -0.1) is 0 Å². The van der Waals surface area contributed by atoms with E-state index >= 15 is 0 Å². The fourth-order valence-corrected chi connectivity index (χ4v) is 2.53. The van der Waals surface area contributed by atoms with Crippen LogP contribution in [0.4, 0.5) is 4.39 Å². The molecule has 0 saturated carbocycles. The van der Waals surface area contributed by atoms with E-state index in [1.165, 1.54) is 6.07 Å². The molecule has 0 radical (unpaired) electrons. The van der Waals surface area contributed by atoms with Crippen LogP contribution < -0.4 is 5.32 Å². The van der Waals surface area contributed by atoms with E-state index in [2.05, 4.69) is 30.3 Å². The molecule has 0 saturated heterocycles. The molecular formula is C16H22FN3. The van der Waals surface area contributed by atoms with Crippen LogP contribution in [0.1, 0.15) is 42.4 Å². The minimum Gasteiger partial charge on any atom is -0.308 e. The van der Waals surface area contributed by atoms with Crippen molar-refractivity contribution >= 4 is 0 Å². The summed E-state index contributed by atoms with van der Waals surface area (Å²) < 4.78 is 15.6. The maximum Gasteiger partial charge on any atom is 0.123 e. The number of nitrogens with one attached hydrogen (secondary N) is 1. The van der Waals surface area contributed by atoms with E-state index in [0.717, 1.165) is 35.5 Å². The van der Waals surface area contributed by atoms with E-state index in [-0.39, 0.29) is 11.9 Å². The highest BCUT2D eigenvalue weighted by Crippen LogP contribution is 2.26. The Hall–Kier alpha value is -1.68. The number of halogens is 1. The zero-order chi connectivity index (χ0) is 14.7. The zero-order valence-corrected chi connectivity index (χ0v) is 12.6. The molecule has 1 heterocycles. The van der Waals surface area contributed by atoms with Crippen LogP contribution in [-0.2, 0) is 13.0 Å². The van der Waals surface area contributed by atoms with Crippen molar-refractivity contribution in [2.45, 2.75) is 39.8 Å². The minimum absolute atomic E-state index is 0.0431. The SMILES string of the molecule is CCc1cc(C(NC)c2cc(F)ccc2C)n(CC)n1. The molecule has 108 valence electrons. The van der Waals surface area contributed by atoms with Crippen LogP contribution in [0.3, 0.4) is 0 Å². The predicted molar refractivity (Wildman–Crippen MR) is 79.3 cm³/mol. The Balaban J connectivity index is 2.51. The van der Waals surface area contributed by atoms with Crippen LogP contribution in [-0.4, -0.2) is 16.8 Å². The van der Waals surface area contributed by atoms with E-state index in [0.29, 0.717) is 0 Å². The second kappa shape index (κ2) is 6.18. The molecule has 1 aromatic heterocycles. The molecule has 2 aromatic rings. The lowest BCUT2D eigenvalue weighted by Gasteiger charge is -2.20. The Morgan fingerprint density at radius 3 is 2.65 bits per heavy atom. The van der Waals surface area contributed by atoms with Crippen LogP contribution in [0, 0.1) is 12.7 Å². The van der Waals surface area contributed by atoms with Crippen molar-refractivity contribution in [3.8, 4) is 0 Å². The fourth-order valence-electron chi connectivity index (χ4n) is 2.53. The second-order valence-electron chi connectivity index (χ2n) is 4.95. The van der Waals surface area contributed by atoms with Crippen molar-refractivity contribution in [3.63, 3.8) is 0 Å². The Bertz CT molecular complexity index is 589. The van der Waals surface area contributed by atoms with Crippen LogP contribution in [0.25, 0.3) is 0 Å². The molecule has 1 atom stereocenters. The largest absolute Gasteiger partial charge is 0.308 e. The molecule has 20 heavy (non-hydrogen) atoms. The van der Waals surface area contributed by atoms with Gasteiger partial charge < -0.3 is 5.32 Å². The quantitative estimate of drug-likeness (QED) is 0.908. The van der Waals surface area contributed by atoms with Gasteiger partial charge in [-0.25, -0.2) is 4.39 Å². The first-order chi connectivity index (χ1) is 9.60. The lowest BCUT2D eigenvalue weighted by Crippen LogP contribution is -2.22. The lowest BCUT2D eigenvalue weighted by molar-refractivity contribution is 0.554. The van der Waals surface area contributed by atoms with Gasteiger partial charge in [-0.2, -0.15) is 5.10 Å². The topological polar surface area (TPSA) is 29.9 Å². The summed E-state index contributed by atoms with van der Waals surface area (Å²) in [6, 6.07) is 6.99. The molecule has 0 aliphatic rings. The molecule has 1 unspecified atom stereocenters. The number of hydrogen-bond donors (Lipinski definition) is 1. The molecule has 0 fully saturated rings. The third-order valence-corrected chi connectivity index (χ3v) is 3.66. The fraction of sp³-hybridized carbons (Fsp3) is 0.438. The second-order valence-corrected chi connectivity index (χ2v) is 4.95. The van der Waals surface area contributed by atoms with E-state index in [9.17, 15) is 4.39 Å². The number of nitrogens with zero attached hydrogens (tertiary/aromatic N) is 2. The third-order valence-electron chi connectivity index (χ3n) is 3.66. The predicted octanol–water partition coefficient (Wildman–Crippen LogP) is 3.22. The molecule has 0 bridgehead atoms. The summed E-state index contributed by atoms with van der Waals surface area (Å²) in [7, 11) is 1.90. The number of aromatic nitrogens is 2. The molecule has 3 nitrogen and oxygen atoms in total. The molecule has 1 aromatic carbocycles. The summed E-state index contributed by atoms with van der Waals surface area (Å²) >= 11 is 0. The Morgan fingerprint density at radius 1 is 1.30 bits per heavy atom. The summed E-state index contributed by atoms with van der Waals surface area (Å²) in [5.74, 6) is -0.205. The van der Waals surface area contributed by atoms with Gasteiger partial charge in [-0.05, 0) is 56.6 Å². The molecule has 2 rings (SSSR count). The maximum absolute atomic E-state index is 13.6. The van der Waals surface area contributed by atoms with Crippen LogP contribution in [0.5, 0.6) is 0 Å². The van der Waals surface area contributed by atoms with Gasteiger partial charge in [-0.1, -0.05) is 13.0 Å². The summed E-state index contributed by atoms with van der Waals surface area (Å²) in [5.41, 5.74) is 4.19. The van der Waals surface area contributed by atoms with Crippen molar-refractivity contribution in [3.05, 3.63) is 52.6 Å². The van der Waals surface area contributed by atoms with Crippen LogP contribution in [0.2, 0.25) is 0 Å². The first kappa shape index (κ1) is 14.7. The van der Waals surface area contributed by atoms with Crippen LogP contribution in [0.15, 0.2) is 24.3 Å². The monoisotopic (exact) mass is 275 g/mol. The van der Waals surface area contributed by atoms with Gasteiger partial charge in [-0.3, -0.25) is 4.68 Å². The highest BCUT2D eigenvalue weighted by molar-refractivity contribution is 5.35. The van der Waals surface area contributed by atoms with Gasteiger partial charge in [0.15, 0.2) is 0 Å². The highest BCUT2D eigenvalue weighted by Gasteiger charge is 2.20. The molecule has 0 aliphatic carbocycles.